The highest BCUT2D eigenvalue weighted by Crippen LogP contribution is 2.40. The van der Waals surface area contributed by atoms with Gasteiger partial charge < -0.3 is 9.80 Å². The van der Waals surface area contributed by atoms with Crippen LogP contribution in [0.1, 0.15) is 23.5 Å². The third kappa shape index (κ3) is 8.28. The maximum Gasteiger partial charge on any atom is 0.0462 e. The Morgan fingerprint density at radius 3 is 0.919 bits per heavy atom. The smallest absolute Gasteiger partial charge is 0.0462 e. The van der Waals surface area contributed by atoms with Crippen molar-refractivity contribution in [1.29, 1.82) is 0 Å². The first kappa shape index (κ1) is 38.3. The van der Waals surface area contributed by atoms with E-state index in [1.807, 2.05) is 0 Å². The van der Waals surface area contributed by atoms with E-state index >= 15 is 0 Å². The number of allylic oxidation sites excluding steroid dienone is 4. The van der Waals surface area contributed by atoms with Crippen molar-refractivity contribution in [3.05, 3.63) is 272 Å². The first-order valence-corrected chi connectivity index (χ1v) is 21.4. The van der Waals surface area contributed by atoms with Gasteiger partial charge in [0.05, 0.1) is 0 Å². The molecule has 0 aromatic heterocycles. The predicted octanol–water partition coefficient (Wildman–Crippen LogP) is 16.8. The molecule has 296 valence electrons. The Bertz CT molecular complexity index is 2900. The molecule has 0 heterocycles. The van der Waals surface area contributed by atoms with Crippen molar-refractivity contribution < 1.29 is 0 Å². The maximum atomic E-state index is 2.37. The Labute approximate surface area is 365 Å². The number of benzene rings is 9. The molecule has 0 saturated carbocycles. The van der Waals surface area contributed by atoms with Crippen LogP contribution >= 0.6 is 0 Å². The van der Waals surface area contributed by atoms with Crippen LogP contribution in [-0.2, 0) is 0 Å². The van der Waals surface area contributed by atoms with Crippen molar-refractivity contribution >= 4 is 39.7 Å². The monoisotopic (exact) mass is 794 g/mol. The summed E-state index contributed by atoms with van der Waals surface area (Å²) in [5, 5.41) is 0. The summed E-state index contributed by atoms with van der Waals surface area (Å²) in [6, 6.07) is 87.0. The van der Waals surface area contributed by atoms with Gasteiger partial charge in [0.2, 0.25) is 0 Å². The Kier molecular flexibility index (Phi) is 10.9. The zero-order chi connectivity index (χ0) is 41.5. The molecule has 0 fully saturated rings. The molecule has 1 aliphatic rings. The van der Waals surface area contributed by atoms with Gasteiger partial charge in [-0.25, -0.2) is 0 Å². The highest BCUT2D eigenvalue weighted by atomic mass is 15.1. The van der Waals surface area contributed by atoms with Crippen LogP contribution in [0.5, 0.6) is 0 Å². The van der Waals surface area contributed by atoms with Gasteiger partial charge in [0.25, 0.3) is 0 Å². The van der Waals surface area contributed by atoms with Crippen LogP contribution in [0.4, 0.5) is 34.1 Å². The summed E-state index contributed by atoms with van der Waals surface area (Å²) < 4.78 is 0. The Morgan fingerprint density at radius 2 is 0.565 bits per heavy atom. The molecule has 0 radical (unpaired) electrons. The lowest BCUT2D eigenvalue weighted by atomic mass is 9.88. The largest absolute Gasteiger partial charge is 0.311 e. The van der Waals surface area contributed by atoms with Crippen LogP contribution in [0.2, 0.25) is 0 Å². The van der Waals surface area contributed by atoms with Gasteiger partial charge in [-0.15, -0.1) is 0 Å². The first-order valence-electron chi connectivity index (χ1n) is 21.4. The van der Waals surface area contributed by atoms with Crippen molar-refractivity contribution in [2.75, 3.05) is 9.80 Å². The molecule has 9 aromatic rings. The van der Waals surface area contributed by atoms with E-state index in [0.717, 1.165) is 40.5 Å². The fourth-order valence-corrected chi connectivity index (χ4v) is 8.53. The van der Waals surface area contributed by atoms with Gasteiger partial charge in [-0.05, 0) is 129 Å². The van der Waals surface area contributed by atoms with E-state index in [2.05, 4.69) is 271 Å². The predicted molar refractivity (Wildman–Crippen MR) is 263 cm³/mol. The van der Waals surface area contributed by atoms with Gasteiger partial charge in [0.15, 0.2) is 0 Å². The molecule has 1 aliphatic carbocycles. The Morgan fingerprint density at radius 1 is 0.274 bits per heavy atom. The lowest BCUT2D eigenvalue weighted by Crippen LogP contribution is -2.10. The SMILES string of the molecule is C1=CC(c2ccccc2)CC=C1c1ccc(N(c2ccccc2)c2ccc(-c3ccc(N(c4ccccc4)c4ccc(-c5ccc(-c6ccccc6)cc5)cc4)cc3)cc2)cc1. The highest BCUT2D eigenvalue weighted by Gasteiger charge is 2.17. The second kappa shape index (κ2) is 17.7. The van der Waals surface area contributed by atoms with Crippen molar-refractivity contribution in [1.82, 2.24) is 0 Å². The minimum absolute atomic E-state index is 0.428. The summed E-state index contributed by atoms with van der Waals surface area (Å²) in [6.07, 6.45) is 8.00. The standard InChI is InChI=1S/C60H46N2/c1-5-13-45(14-6-1)47-21-25-49(26-22-47)51-29-37-57(38-30-51)61(55-17-9-3-10-18-55)59-41-33-53(34-42-59)54-35-43-60(44-36-54)62(56-19-11-4-12-20-56)58-39-31-52(32-40-58)50-27-23-48(24-28-50)46-15-7-2-8-16-46/h1-23,25-44,48H,24H2. The van der Waals surface area contributed by atoms with E-state index in [1.54, 1.807) is 0 Å². The van der Waals surface area contributed by atoms with Crippen molar-refractivity contribution in [3.63, 3.8) is 0 Å². The number of nitrogens with zero attached hydrogens (tertiary/aromatic N) is 2. The minimum atomic E-state index is 0.428. The summed E-state index contributed by atoms with van der Waals surface area (Å²) in [4.78, 5) is 4.65. The third-order valence-electron chi connectivity index (χ3n) is 11.9. The lowest BCUT2D eigenvalue weighted by molar-refractivity contribution is 0.856. The van der Waals surface area contributed by atoms with Crippen LogP contribution in [0, 0.1) is 0 Å². The number of para-hydroxylation sites is 2. The van der Waals surface area contributed by atoms with E-state index in [-0.39, 0.29) is 0 Å². The summed E-state index contributed by atoms with van der Waals surface area (Å²) in [7, 11) is 0. The third-order valence-corrected chi connectivity index (χ3v) is 11.9. The van der Waals surface area contributed by atoms with Gasteiger partial charge in [-0.3, -0.25) is 0 Å². The summed E-state index contributed by atoms with van der Waals surface area (Å²) >= 11 is 0. The molecule has 1 atom stereocenters. The van der Waals surface area contributed by atoms with Gasteiger partial charge >= 0.3 is 0 Å². The van der Waals surface area contributed by atoms with E-state index < -0.39 is 0 Å². The summed E-state index contributed by atoms with van der Waals surface area (Å²) in [5.74, 6) is 0.428. The van der Waals surface area contributed by atoms with Crippen molar-refractivity contribution in [3.8, 4) is 33.4 Å². The van der Waals surface area contributed by atoms with Crippen LogP contribution in [0.15, 0.2) is 261 Å². The van der Waals surface area contributed by atoms with E-state index in [4.69, 9.17) is 0 Å². The molecule has 2 heteroatoms. The lowest BCUT2D eigenvalue weighted by Gasteiger charge is -2.26. The Hall–Kier alpha value is -7.94. The zero-order valence-electron chi connectivity index (χ0n) is 34.5. The number of rotatable bonds is 11. The maximum absolute atomic E-state index is 2.37. The van der Waals surface area contributed by atoms with E-state index in [9.17, 15) is 0 Å². The van der Waals surface area contributed by atoms with Crippen LogP contribution in [0.25, 0.3) is 39.0 Å². The van der Waals surface area contributed by atoms with Gasteiger partial charge in [0, 0.05) is 40.0 Å². The molecule has 0 bridgehead atoms. The second-order valence-electron chi connectivity index (χ2n) is 15.7. The quantitative estimate of drug-likeness (QED) is 0.129. The first-order chi connectivity index (χ1) is 30.7. The normalized spacial score (nSPS) is 13.3. The molecular formula is C60H46N2. The fraction of sp³-hybridized carbons (Fsp3) is 0.0333. The topological polar surface area (TPSA) is 6.48 Å². The zero-order valence-corrected chi connectivity index (χ0v) is 34.5. The summed E-state index contributed by atoms with van der Waals surface area (Å²) in [5.41, 5.74) is 17.7. The van der Waals surface area contributed by atoms with E-state index in [1.165, 1.54) is 50.1 Å². The van der Waals surface area contributed by atoms with E-state index in [0.29, 0.717) is 5.92 Å². The molecule has 0 saturated heterocycles. The molecule has 62 heavy (non-hydrogen) atoms. The van der Waals surface area contributed by atoms with Crippen LogP contribution < -0.4 is 9.80 Å². The Balaban J connectivity index is 0.877. The molecular weight excluding hydrogens is 749 g/mol. The molecule has 0 aliphatic heterocycles. The van der Waals surface area contributed by atoms with Crippen LogP contribution in [0.3, 0.4) is 0 Å². The number of anilines is 6. The number of hydrogen-bond donors (Lipinski definition) is 0. The molecule has 0 amide bonds. The summed E-state index contributed by atoms with van der Waals surface area (Å²) in [6.45, 7) is 0. The molecule has 10 rings (SSSR count). The van der Waals surface area contributed by atoms with Gasteiger partial charge in [0.1, 0.15) is 0 Å². The average Bonchev–Trinajstić information content (AvgIpc) is 3.36. The minimum Gasteiger partial charge on any atom is -0.311 e. The van der Waals surface area contributed by atoms with Crippen LogP contribution in [-0.4, -0.2) is 0 Å². The average molecular weight is 795 g/mol. The van der Waals surface area contributed by atoms with Crippen molar-refractivity contribution in [2.24, 2.45) is 0 Å². The molecule has 0 spiro atoms. The fourth-order valence-electron chi connectivity index (χ4n) is 8.53. The highest BCUT2D eigenvalue weighted by molar-refractivity contribution is 5.83. The molecule has 9 aromatic carbocycles. The van der Waals surface area contributed by atoms with Gasteiger partial charge in [-0.1, -0.05) is 188 Å². The van der Waals surface area contributed by atoms with Crippen molar-refractivity contribution in [2.45, 2.75) is 12.3 Å². The molecule has 2 nitrogen and oxygen atoms in total. The van der Waals surface area contributed by atoms with Gasteiger partial charge in [-0.2, -0.15) is 0 Å². The molecule has 0 N–H and O–H groups in total. The second-order valence-corrected chi connectivity index (χ2v) is 15.7. The molecule has 1 unspecified atom stereocenters. The number of hydrogen-bond acceptors (Lipinski definition) is 2.